The monoisotopic (exact) mass is 423 g/mol. The largest absolute Gasteiger partial charge is 0.481 e. The van der Waals surface area contributed by atoms with Gasteiger partial charge in [0, 0.05) is 17.3 Å². The topological polar surface area (TPSA) is 89.6 Å². The van der Waals surface area contributed by atoms with Gasteiger partial charge in [0.2, 0.25) is 11.8 Å². The smallest absolute Gasteiger partial charge is 0.408 e. The molecule has 1 aromatic heterocycles. The van der Waals surface area contributed by atoms with Crippen molar-refractivity contribution < 1.29 is 19.1 Å². The van der Waals surface area contributed by atoms with E-state index in [4.69, 9.17) is 9.47 Å². The number of benzene rings is 1. The summed E-state index contributed by atoms with van der Waals surface area (Å²) in [6.07, 6.45) is 3.61. The molecule has 0 unspecified atom stereocenters. The normalized spacial score (nSPS) is 19.7. The first kappa shape index (κ1) is 22.3. The van der Waals surface area contributed by atoms with Gasteiger partial charge in [-0.15, -0.1) is 0 Å². The van der Waals surface area contributed by atoms with E-state index < -0.39 is 17.7 Å². The number of fused-ring (bicyclic) bond motifs is 4. The molecule has 1 aliphatic heterocycles. The third-order valence-electron chi connectivity index (χ3n) is 4.78. The number of aromatic nitrogens is 1. The second kappa shape index (κ2) is 9.20. The standard InChI is InChI=1S/C24H29N3O4/c1-15-9-8-12-19(27-23(29)31-24(2,3)4)20-13-16(14-21(25-20)30-5)17-10-6-7-11-18(17)26-22(15)28/h6-11,13-15,19H,12H2,1-5H3,(H,26,28)(H,27,29)/b9-8+/t15-,19+/m1/s1. The van der Waals surface area contributed by atoms with Crippen LogP contribution < -0.4 is 15.4 Å². The Kier molecular flexibility index (Phi) is 6.63. The van der Waals surface area contributed by atoms with E-state index in [9.17, 15) is 9.59 Å². The van der Waals surface area contributed by atoms with Gasteiger partial charge in [-0.2, -0.15) is 0 Å². The zero-order chi connectivity index (χ0) is 22.6. The summed E-state index contributed by atoms with van der Waals surface area (Å²) < 4.78 is 10.9. The molecular weight excluding hydrogens is 394 g/mol. The lowest BCUT2D eigenvalue weighted by Crippen LogP contribution is -2.35. The molecule has 1 aromatic carbocycles. The van der Waals surface area contributed by atoms with Gasteiger partial charge in [0.05, 0.1) is 24.8 Å². The van der Waals surface area contributed by atoms with Crippen molar-refractivity contribution in [3.8, 4) is 17.0 Å². The number of carbonyl (C=O) groups is 2. The number of amides is 2. The molecule has 31 heavy (non-hydrogen) atoms. The number of carbonyl (C=O) groups excluding carboxylic acids is 2. The van der Waals surface area contributed by atoms with Crippen molar-refractivity contribution in [2.45, 2.75) is 45.8 Å². The Morgan fingerprint density at radius 1 is 1.23 bits per heavy atom. The maximum atomic E-state index is 12.7. The number of para-hydroxylation sites is 1. The summed E-state index contributed by atoms with van der Waals surface area (Å²) in [6.45, 7) is 7.27. The molecule has 0 radical (unpaired) electrons. The molecule has 2 amide bonds. The van der Waals surface area contributed by atoms with Crippen LogP contribution in [0.5, 0.6) is 5.88 Å². The summed E-state index contributed by atoms with van der Waals surface area (Å²) in [5, 5.41) is 5.91. The summed E-state index contributed by atoms with van der Waals surface area (Å²) in [6, 6.07) is 10.8. The van der Waals surface area contributed by atoms with Crippen LogP contribution in [-0.2, 0) is 9.53 Å². The van der Waals surface area contributed by atoms with Crippen LogP contribution >= 0.6 is 0 Å². The molecule has 2 N–H and O–H groups in total. The molecule has 2 bridgehead atoms. The minimum Gasteiger partial charge on any atom is -0.481 e. The maximum absolute atomic E-state index is 12.7. The average molecular weight is 424 g/mol. The lowest BCUT2D eigenvalue weighted by molar-refractivity contribution is -0.118. The van der Waals surface area contributed by atoms with Gasteiger partial charge in [0.1, 0.15) is 5.60 Å². The fourth-order valence-electron chi connectivity index (χ4n) is 3.26. The molecule has 0 saturated heterocycles. The van der Waals surface area contributed by atoms with Crippen LogP contribution in [0.1, 0.15) is 45.9 Å². The predicted octanol–water partition coefficient (Wildman–Crippen LogP) is 4.86. The number of pyridine rings is 1. The van der Waals surface area contributed by atoms with Gasteiger partial charge in [-0.1, -0.05) is 37.3 Å². The fraction of sp³-hybridized carbons (Fsp3) is 0.375. The molecule has 2 atom stereocenters. The lowest BCUT2D eigenvalue weighted by atomic mass is 9.99. The van der Waals surface area contributed by atoms with Gasteiger partial charge >= 0.3 is 6.09 Å². The molecule has 7 heteroatoms. The quantitative estimate of drug-likeness (QED) is 0.674. The minimum absolute atomic E-state index is 0.109. The van der Waals surface area contributed by atoms with Gasteiger partial charge in [-0.05, 0) is 44.9 Å². The van der Waals surface area contributed by atoms with E-state index in [0.717, 1.165) is 11.1 Å². The zero-order valence-corrected chi connectivity index (χ0v) is 18.6. The van der Waals surface area contributed by atoms with E-state index in [1.165, 1.54) is 0 Å². The van der Waals surface area contributed by atoms with E-state index in [0.29, 0.717) is 23.7 Å². The number of alkyl carbamates (subject to hydrolysis) is 1. The first-order valence-corrected chi connectivity index (χ1v) is 10.3. The highest BCUT2D eigenvalue weighted by Gasteiger charge is 2.23. The Labute approximate surface area is 182 Å². The number of methoxy groups -OCH3 is 1. The second-order valence-corrected chi connectivity index (χ2v) is 8.51. The molecule has 0 spiro atoms. The van der Waals surface area contributed by atoms with Crippen molar-refractivity contribution in [2.75, 3.05) is 12.4 Å². The Hall–Kier alpha value is -3.35. The van der Waals surface area contributed by atoms with Crippen LogP contribution in [0.25, 0.3) is 11.1 Å². The maximum Gasteiger partial charge on any atom is 0.408 e. The molecule has 164 valence electrons. The van der Waals surface area contributed by atoms with E-state index in [-0.39, 0.29) is 11.8 Å². The van der Waals surface area contributed by atoms with Crippen molar-refractivity contribution in [2.24, 2.45) is 5.92 Å². The van der Waals surface area contributed by atoms with Crippen LogP contribution in [0.15, 0.2) is 48.6 Å². The predicted molar refractivity (Wildman–Crippen MR) is 120 cm³/mol. The third-order valence-corrected chi connectivity index (χ3v) is 4.78. The highest BCUT2D eigenvalue weighted by Crippen LogP contribution is 2.33. The summed E-state index contributed by atoms with van der Waals surface area (Å²) in [5.41, 5.74) is 2.38. The highest BCUT2D eigenvalue weighted by molar-refractivity contribution is 5.97. The van der Waals surface area contributed by atoms with Crippen LogP contribution in [0.4, 0.5) is 10.5 Å². The number of hydrogen-bond donors (Lipinski definition) is 2. The Balaban J connectivity index is 2.10. The molecule has 1 aliphatic rings. The number of nitrogens with zero attached hydrogens (tertiary/aromatic N) is 1. The number of nitrogens with one attached hydrogen (secondary N) is 2. The van der Waals surface area contributed by atoms with Crippen LogP contribution in [0.2, 0.25) is 0 Å². The Morgan fingerprint density at radius 2 is 1.97 bits per heavy atom. The van der Waals surface area contributed by atoms with E-state index >= 15 is 0 Å². The van der Waals surface area contributed by atoms with Crippen LogP contribution in [0.3, 0.4) is 0 Å². The Morgan fingerprint density at radius 3 is 2.68 bits per heavy atom. The molecular formula is C24H29N3O4. The van der Waals surface area contributed by atoms with Crippen molar-refractivity contribution >= 4 is 17.7 Å². The highest BCUT2D eigenvalue weighted by atomic mass is 16.6. The van der Waals surface area contributed by atoms with Gasteiger partial charge in [-0.3, -0.25) is 4.79 Å². The summed E-state index contributed by atoms with van der Waals surface area (Å²) >= 11 is 0. The molecule has 0 fully saturated rings. The average Bonchev–Trinajstić information content (AvgIpc) is 2.70. The van der Waals surface area contributed by atoms with Crippen molar-refractivity contribution in [3.63, 3.8) is 0 Å². The van der Waals surface area contributed by atoms with E-state index in [2.05, 4.69) is 15.6 Å². The van der Waals surface area contributed by atoms with Crippen LogP contribution in [-0.4, -0.2) is 29.7 Å². The van der Waals surface area contributed by atoms with Crippen LogP contribution in [0, 0.1) is 5.92 Å². The molecule has 0 saturated carbocycles. The fourth-order valence-corrected chi connectivity index (χ4v) is 3.26. The molecule has 2 heterocycles. The Bertz CT molecular complexity index is 995. The first-order chi connectivity index (χ1) is 14.7. The number of anilines is 1. The van der Waals surface area contributed by atoms with Gasteiger partial charge < -0.3 is 20.1 Å². The number of rotatable bonds is 2. The summed E-state index contributed by atoms with van der Waals surface area (Å²) in [4.78, 5) is 29.7. The molecule has 0 aliphatic carbocycles. The number of hydrogen-bond acceptors (Lipinski definition) is 5. The number of ether oxygens (including phenoxy) is 2. The molecule has 7 nitrogen and oxygen atoms in total. The molecule has 3 rings (SSSR count). The van der Waals surface area contributed by atoms with Gasteiger partial charge in [0.15, 0.2) is 0 Å². The van der Waals surface area contributed by atoms with Crippen molar-refractivity contribution in [3.05, 3.63) is 54.2 Å². The lowest BCUT2D eigenvalue weighted by Gasteiger charge is -2.24. The van der Waals surface area contributed by atoms with E-state index in [1.54, 1.807) is 7.11 Å². The van der Waals surface area contributed by atoms with Gasteiger partial charge in [-0.25, -0.2) is 9.78 Å². The van der Waals surface area contributed by atoms with Gasteiger partial charge in [0.25, 0.3) is 0 Å². The van der Waals surface area contributed by atoms with Crippen molar-refractivity contribution in [1.29, 1.82) is 0 Å². The van der Waals surface area contributed by atoms with E-state index in [1.807, 2.05) is 76.2 Å². The van der Waals surface area contributed by atoms with Crippen molar-refractivity contribution in [1.82, 2.24) is 10.3 Å². The minimum atomic E-state index is -0.621. The summed E-state index contributed by atoms with van der Waals surface area (Å²) in [7, 11) is 1.55. The second-order valence-electron chi connectivity index (χ2n) is 8.51. The zero-order valence-electron chi connectivity index (χ0n) is 18.6. The SMILES string of the molecule is COc1cc2cc(n1)[C@@H](NC(=O)OC(C)(C)C)C/C=C/[C@@H](C)C(=O)Nc1ccccc1-2. The molecule has 2 aromatic rings. The third kappa shape index (κ3) is 5.84. The summed E-state index contributed by atoms with van der Waals surface area (Å²) in [5.74, 6) is -0.0308. The first-order valence-electron chi connectivity index (χ1n) is 10.3.